The van der Waals surface area contributed by atoms with Crippen LogP contribution in [0.25, 0.3) is 0 Å². The predicted molar refractivity (Wildman–Crippen MR) is 65.6 cm³/mol. The molecule has 1 aromatic carbocycles. The SMILES string of the molecule is N#Cc1c(OCC(F)(F)F)ccc(S(N)(=O)=O)c1OCC(F)(F)F. The van der Waals surface area contributed by atoms with Gasteiger partial charge in [0.05, 0.1) is 0 Å². The summed E-state index contributed by atoms with van der Waals surface area (Å²) in [4.78, 5) is -0.998. The molecule has 0 aromatic heterocycles. The van der Waals surface area contributed by atoms with Gasteiger partial charge in [-0.3, -0.25) is 0 Å². The van der Waals surface area contributed by atoms with Gasteiger partial charge in [-0.25, -0.2) is 13.6 Å². The van der Waals surface area contributed by atoms with E-state index in [4.69, 9.17) is 10.4 Å². The van der Waals surface area contributed by atoms with Crippen molar-refractivity contribution in [3.8, 4) is 17.6 Å². The fourth-order valence-corrected chi connectivity index (χ4v) is 2.13. The quantitative estimate of drug-likeness (QED) is 0.791. The second-order valence-corrected chi connectivity index (χ2v) is 5.76. The number of sulfonamides is 1. The Labute approximate surface area is 131 Å². The average molecular weight is 378 g/mol. The van der Waals surface area contributed by atoms with Crippen molar-refractivity contribution in [3.05, 3.63) is 17.7 Å². The summed E-state index contributed by atoms with van der Waals surface area (Å²) < 4.78 is 104. The van der Waals surface area contributed by atoms with Crippen LogP contribution in [-0.2, 0) is 10.0 Å². The van der Waals surface area contributed by atoms with Gasteiger partial charge in [0.15, 0.2) is 19.0 Å². The number of ether oxygens (including phenoxy) is 2. The summed E-state index contributed by atoms with van der Waals surface area (Å²) in [5.74, 6) is -1.95. The smallest absolute Gasteiger partial charge is 0.422 e. The normalized spacial score (nSPS) is 12.6. The molecule has 0 radical (unpaired) electrons. The van der Waals surface area contributed by atoms with Crippen LogP contribution in [-0.4, -0.2) is 34.0 Å². The Kier molecular flexibility index (Phi) is 5.57. The number of hydrogen-bond donors (Lipinski definition) is 1. The topological polar surface area (TPSA) is 102 Å². The Balaban J connectivity index is 3.39. The summed E-state index contributed by atoms with van der Waals surface area (Å²) in [7, 11) is -4.62. The molecule has 6 nitrogen and oxygen atoms in total. The minimum atomic E-state index is -4.90. The van der Waals surface area contributed by atoms with E-state index in [2.05, 4.69) is 9.47 Å². The van der Waals surface area contributed by atoms with Gasteiger partial charge >= 0.3 is 12.4 Å². The maximum Gasteiger partial charge on any atom is 0.422 e. The van der Waals surface area contributed by atoms with Crippen LogP contribution in [0.2, 0.25) is 0 Å². The highest BCUT2D eigenvalue weighted by atomic mass is 32.2. The van der Waals surface area contributed by atoms with Crippen molar-refractivity contribution < 1.29 is 44.2 Å². The molecule has 0 aliphatic carbocycles. The monoisotopic (exact) mass is 378 g/mol. The maximum absolute atomic E-state index is 12.2. The molecule has 1 rings (SSSR count). The van der Waals surface area contributed by atoms with Gasteiger partial charge in [-0.1, -0.05) is 0 Å². The van der Waals surface area contributed by atoms with E-state index in [1.165, 1.54) is 6.07 Å². The minimum absolute atomic E-state index is 0.577. The molecule has 0 saturated heterocycles. The molecule has 0 bridgehead atoms. The number of rotatable bonds is 5. The highest BCUT2D eigenvalue weighted by molar-refractivity contribution is 7.89. The van der Waals surface area contributed by atoms with Crippen molar-refractivity contribution in [1.82, 2.24) is 0 Å². The van der Waals surface area contributed by atoms with Gasteiger partial charge < -0.3 is 9.47 Å². The van der Waals surface area contributed by atoms with Crippen LogP contribution in [0.5, 0.6) is 11.5 Å². The third-order valence-electron chi connectivity index (χ3n) is 2.27. The lowest BCUT2D eigenvalue weighted by atomic mass is 10.2. The van der Waals surface area contributed by atoms with Gasteiger partial charge in [0.25, 0.3) is 0 Å². The third-order valence-corrected chi connectivity index (χ3v) is 3.21. The van der Waals surface area contributed by atoms with Gasteiger partial charge in [0, 0.05) is 0 Å². The first-order chi connectivity index (χ1) is 10.7. The molecule has 2 N–H and O–H groups in total. The summed E-state index contributed by atoms with van der Waals surface area (Å²) in [6.07, 6.45) is -9.69. The van der Waals surface area contributed by atoms with Crippen molar-refractivity contribution in [2.75, 3.05) is 13.2 Å². The molecule has 1 aromatic rings. The first kappa shape index (κ1) is 19.8. The van der Waals surface area contributed by atoms with E-state index in [9.17, 15) is 34.8 Å². The summed E-state index contributed by atoms with van der Waals surface area (Å²) in [6.45, 7) is -3.85. The van der Waals surface area contributed by atoms with E-state index in [0.29, 0.717) is 12.1 Å². The molecular formula is C11H8F6N2O4S. The lowest BCUT2D eigenvalue weighted by molar-refractivity contribution is -0.154. The number of primary sulfonamides is 1. The number of nitrogens with two attached hydrogens (primary N) is 1. The summed E-state index contributed by atoms with van der Waals surface area (Å²) in [5.41, 5.74) is -0.963. The van der Waals surface area contributed by atoms with Crippen molar-refractivity contribution in [2.45, 2.75) is 17.2 Å². The molecule has 0 heterocycles. The highest BCUT2D eigenvalue weighted by Crippen LogP contribution is 2.35. The van der Waals surface area contributed by atoms with Crippen LogP contribution >= 0.6 is 0 Å². The molecule has 0 aliphatic heterocycles. The van der Waals surface area contributed by atoms with E-state index in [-0.39, 0.29) is 0 Å². The van der Waals surface area contributed by atoms with Gasteiger partial charge in [0.2, 0.25) is 10.0 Å². The van der Waals surface area contributed by atoms with Crippen LogP contribution in [0.3, 0.4) is 0 Å². The number of alkyl halides is 6. The van der Waals surface area contributed by atoms with Gasteiger partial charge in [-0.2, -0.15) is 31.6 Å². The molecule has 24 heavy (non-hydrogen) atoms. The highest BCUT2D eigenvalue weighted by Gasteiger charge is 2.33. The van der Waals surface area contributed by atoms with Crippen LogP contribution in [0, 0.1) is 11.3 Å². The number of hydrogen-bond acceptors (Lipinski definition) is 5. The first-order valence-corrected chi connectivity index (χ1v) is 7.28. The maximum atomic E-state index is 12.2. The van der Waals surface area contributed by atoms with Gasteiger partial charge in [0.1, 0.15) is 22.3 Å². The van der Waals surface area contributed by atoms with Crippen LogP contribution in [0.4, 0.5) is 26.3 Å². The zero-order valence-corrected chi connectivity index (χ0v) is 12.2. The number of nitrogens with zero attached hydrogens (tertiary/aromatic N) is 1. The van der Waals surface area contributed by atoms with Crippen molar-refractivity contribution in [1.29, 1.82) is 5.26 Å². The van der Waals surface area contributed by atoms with Gasteiger partial charge in [-0.05, 0) is 12.1 Å². The first-order valence-electron chi connectivity index (χ1n) is 5.73. The number of nitriles is 1. The Morgan fingerprint density at radius 3 is 1.96 bits per heavy atom. The summed E-state index contributed by atoms with van der Waals surface area (Å²) in [5, 5.41) is 13.7. The molecule has 134 valence electrons. The lowest BCUT2D eigenvalue weighted by Gasteiger charge is -2.16. The Morgan fingerprint density at radius 2 is 1.54 bits per heavy atom. The summed E-state index contributed by atoms with van der Waals surface area (Å²) >= 11 is 0. The number of benzene rings is 1. The number of halogens is 6. The molecule has 0 atom stereocenters. The predicted octanol–water partition coefficient (Wildman–Crippen LogP) is 2.09. The molecule has 0 aliphatic rings. The van der Waals surface area contributed by atoms with Crippen molar-refractivity contribution in [3.63, 3.8) is 0 Å². The molecule has 0 fully saturated rings. The zero-order valence-electron chi connectivity index (χ0n) is 11.4. The van der Waals surface area contributed by atoms with E-state index in [1.807, 2.05) is 0 Å². The van der Waals surface area contributed by atoms with Crippen molar-refractivity contribution in [2.24, 2.45) is 5.14 Å². The fourth-order valence-electron chi connectivity index (χ4n) is 1.45. The molecule has 0 saturated carbocycles. The van der Waals surface area contributed by atoms with Crippen molar-refractivity contribution >= 4 is 10.0 Å². The second kappa shape index (κ2) is 6.73. The zero-order chi connectivity index (χ0) is 18.8. The van der Waals surface area contributed by atoms with Crippen LogP contribution in [0.1, 0.15) is 5.56 Å². The molecule has 0 unspecified atom stereocenters. The van der Waals surface area contributed by atoms with Crippen LogP contribution in [0.15, 0.2) is 17.0 Å². The molecule has 13 heteroatoms. The fraction of sp³-hybridized carbons (Fsp3) is 0.364. The molecular weight excluding hydrogens is 370 g/mol. The van der Waals surface area contributed by atoms with E-state index in [1.54, 1.807) is 0 Å². The molecule has 0 amide bonds. The van der Waals surface area contributed by atoms with Gasteiger partial charge in [-0.15, -0.1) is 0 Å². The Hall–Kier alpha value is -2.20. The Bertz CT molecular complexity index is 751. The van der Waals surface area contributed by atoms with Crippen LogP contribution < -0.4 is 14.6 Å². The van der Waals surface area contributed by atoms with E-state index >= 15 is 0 Å². The standard InChI is InChI=1S/C11H8F6N2O4S/c12-10(13,14)4-22-7-1-2-8(24(19,20)21)9(6(7)3-18)23-5-11(15,16)17/h1-2H,4-5H2,(H2,19,20,21). The lowest BCUT2D eigenvalue weighted by Crippen LogP contribution is -2.23. The minimum Gasteiger partial charge on any atom is -0.483 e. The molecule has 0 spiro atoms. The average Bonchev–Trinajstić information content (AvgIpc) is 2.39. The third kappa shape index (κ3) is 5.78. The summed E-state index contributed by atoms with van der Waals surface area (Å²) in [6, 6.07) is 2.48. The largest absolute Gasteiger partial charge is 0.483 e. The Morgan fingerprint density at radius 1 is 1.04 bits per heavy atom. The van der Waals surface area contributed by atoms with E-state index in [0.717, 1.165) is 0 Å². The van der Waals surface area contributed by atoms with E-state index < -0.39 is 57.5 Å². The second-order valence-electron chi connectivity index (χ2n) is 4.23.